The third kappa shape index (κ3) is 2.18. The summed E-state index contributed by atoms with van der Waals surface area (Å²) in [5.74, 6) is -0.399. The number of nitrogens with zero attached hydrogens (tertiary/aromatic N) is 1. The van der Waals surface area contributed by atoms with E-state index in [-0.39, 0.29) is 11.6 Å². The van der Waals surface area contributed by atoms with Crippen LogP contribution in [0.4, 0.5) is 23.2 Å². The van der Waals surface area contributed by atoms with Crippen molar-refractivity contribution in [2.24, 2.45) is 11.8 Å². The van der Waals surface area contributed by atoms with E-state index >= 15 is 4.39 Å². The largest absolute Gasteiger partial charge is 0.406 e. The number of carbonyl (C=O) groups excluding carboxylic acids is 1. The molecule has 1 aromatic carbocycles. The van der Waals surface area contributed by atoms with Gasteiger partial charge in [0, 0.05) is 0 Å². The minimum absolute atomic E-state index is 0.0499. The van der Waals surface area contributed by atoms with Crippen molar-refractivity contribution in [3.05, 3.63) is 29.1 Å². The second kappa shape index (κ2) is 4.73. The molecule has 2 saturated carbocycles. The molecule has 1 heterocycles. The Morgan fingerprint density at radius 2 is 1.96 bits per heavy atom. The van der Waals surface area contributed by atoms with Gasteiger partial charge in [-0.25, -0.2) is 4.39 Å². The standard InChI is InChI=1S/C18H19F4NO/c1-9(2)11-7-12(11)10-3-4-13-15(14(10)19)23(8-18(20,21)22)16(24)17(13)5-6-17/h3-4,9,11-12H,5-8H2,1-2H3/t11-,12-/m1/s1. The fraction of sp³-hybridized carbons (Fsp3) is 0.611. The number of hydrogen-bond donors (Lipinski definition) is 0. The SMILES string of the molecule is CC(C)[C@H]1C[C@@H]1c1ccc2c(c1F)N(CC(F)(F)F)C(=O)C21CC1. The van der Waals surface area contributed by atoms with E-state index in [2.05, 4.69) is 13.8 Å². The van der Waals surface area contributed by atoms with Crippen LogP contribution in [0.2, 0.25) is 0 Å². The van der Waals surface area contributed by atoms with Gasteiger partial charge in [-0.2, -0.15) is 13.2 Å². The molecule has 1 aromatic rings. The first-order chi connectivity index (χ1) is 11.2. The highest BCUT2D eigenvalue weighted by atomic mass is 19.4. The van der Waals surface area contributed by atoms with Crippen molar-refractivity contribution >= 4 is 11.6 Å². The third-order valence-electron chi connectivity index (χ3n) is 5.77. The first-order valence-corrected chi connectivity index (χ1v) is 8.37. The summed E-state index contributed by atoms with van der Waals surface area (Å²) in [5, 5.41) is 0. The van der Waals surface area contributed by atoms with E-state index in [0.717, 1.165) is 6.42 Å². The van der Waals surface area contributed by atoms with Gasteiger partial charge in [0.05, 0.1) is 11.1 Å². The molecule has 0 aromatic heterocycles. The molecule has 0 bridgehead atoms. The van der Waals surface area contributed by atoms with E-state index in [4.69, 9.17) is 0 Å². The van der Waals surface area contributed by atoms with Crippen LogP contribution in [-0.2, 0) is 10.2 Å². The Kier molecular flexibility index (Phi) is 3.14. The van der Waals surface area contributed by atoms with Crippen molar-refractivity contribution in [2.75, 3.05) is 11.4 Å². The molecule has 2 nitrogen and oxygen atoms in total. The van der Waals surface area contributed by atoms with Gasteiger partial charge in [-0.3, -0.25) is 9.69 Å². The van der Waals surface area contributed by atoms with Crippen LogP contribution in [-0.4, -0.2) is 18.6 Å². The quantitative estimate of drug-likeness (QED) is 0.740. The van der Waals surface area contributed by atoms with Crippen molar-refractivity contribution in [3.63, 3.8) is 0 Å². The van der Waals surface area contributed by atoms with Gasteiger partial charge < -0.3 is 0 Å². The van der Waals surface area contributed by atoms with Gasteiger partial charge in [0.1, 0.15) is 6.54 Å². The summed E-state index contributed by atoms with van der Waals surface area (Å²) in [6.07, 6.45) is -2.68. The minimum Gasteiger partial charge on any atom is -0.299 e. The Balaban J connectivity index is 1.77. The lowest BCUT2D eigenvalue weighted by atomic mass is 9.94. The van der Waals surface area contributed by atoms with Gasteiger partial charge in [-0.05, 0) is 48.1 Å². The molecule has 3 aliphatic rings. The van der Waals surface area contributed by atoms with Crippen LogP contribution >= 0.6 is 0 Å². The summed E-state index contributed by atoms with van der Waals surface area (Å²) in [6.45, 7) is 2.71. The number of rotatable bonds is 3. The van der Waals surface area contributed by atoms with Crippen molar-refractivity contribution in [1.29, 1.82) is 0 Å². The van der Waals surface area contributed by atoms with E-state index in [1.54, 1.807) is 12.1 Å². The summed E-state index contributed by atoms with van der Waals surface area (Å²) < 4.78 is 53.8. The highest BCUT2D eigenvalue weighted by Crippen LogP contribution is 2.60. The fourth-order valence-corrected chi connectivity index (χ4v) is 4.24. The van der Waals surface area contributed by atoms with E-state index in [0.29, 0.717) is 40.7 Å². The lowest BCUT2D eigenvalue weighted by Gasteiger charge is -2.21. The zero-order chi connectivity index (χ0) is 17.4. The summed E-state index contributed by atoms with van der Waals surface area (Å²) >= 11 is 0. The van der Waals surface area contributed by atoms with Gasteiger partial charge in [0.25, 0.3) is 0 Å². The Morgan fingerprint density at radius 1 is 1.29 bits per heavy atom. The van der Waals surface area contributed by atoms with Crippen LogP contribution in [0.5, 0.6) is 0 Å². The summed E-state index contributed by atoms with van der Waals surface area (Å²) in [6, 6.07) is 3.37. The van der Waals surface area contributed by atoms with Crippen LogP contribution in [0, 0.1) is 17.7 Å². The summed E-state index contributed by atoms with van der Waals surface area (Å²) in [4.78, 5) is 13.1. The number of hydrogen-bond acceptors (Lipinski definition) is 1. The molecule has 6 heteroatoms. The van der Waals surface area contributed by atoms with Gasteiger partial charge in [0.2, 0.25) is 5.91 Å². The molecular weight excluding hydrogens is 322 g/mol. The van der Waals surface area contributed by atoms with Gasteiger partial charge in [-0.1, -0.05) is 26.0 Å². The zero-order valence-corrected chi connectivity index (χ0v) is 13.6. The van der Waals surface area contributed by atoms with E-state index in [1.165, 1.54) is 0 Å². The lowest BCUT2D eigenvalue weighted by Crippen LogP contribution is -2.39. The van der Waals surface area contributed by atoms with Gasteiger partial charge in [0.15, 0.2) is 5.82 Å². The number of alkyl halides is 3. The second-order valence-electron chi connectivity index (χ2n) is 7.70. The molecule has 1 amide bonds. The smallest absolute Gasteiger partial charge is 0.299 e. The number of carbonyl (C=O) groups is 1. The molecule has 2 atom stereocenters. The minimum atomic E-state index is -4.55. The highest BCUT2D eigenvalue weighted by Gasteiger charge is 2.61. The molecule has 2 aliphatic carbocycles. The molecule has 0 unspecified atom stereocenters. The van der Waals surface area contributed by atoms with E-state index in [1.807, 2.05) is 0 Å². The normalized spacial score (nSPS) is 27.1. The molecule has 1 spiro atoms. The Morgan fingerprint density at radius 3 is 2.46 bits per heavy atom. The van der Waals surface area contributed by atoms with Crippen LogP contribution in [0.25, 0.3) is 0 Å². The topological polar surface area (TPSA) is 20.3 Å². The lowest BCUT2D eigenvalue weighted by molar-refractivity contribution is -0.133. The summed E-state index contributed by atoms with van der Waals surface area (Å²) in [7, 11) is 0. The molecule has 0 N–H and O–H groups in total. The van der Waals surface area contributed by atoms with Crippen molar-refractivity contribution in [3.8, 4) is 0 Å². The first-order valence-electron chi connectivity index (χ1n) is 8.37. The molecule has 0 radical (unpaired) electrons. The van der Waals surface area contributed by atoms with E-state index in [9.17, 15) is 18.0 Å². The molecule has 4 rings (SSSR count). The number of amides is 1. The van der Waals surface area contributed by atoms with Crippen LogP contribution < -0.4 is 4.90 Å². The van der Waals surface area contributed by atoms with Crippen molar-refractivity contribution < 1.29 is 22.4 Å². The summed E-state index contributed by atoms with van der Waals surface area (Å²) in [5.41, 5.74) is -0.118. The van der Waals surface area contributed by atoms with Gasteiger partial charge in [-0.15, -0.1) is 0 Å². The number of fused-ring (bicyclic) bond motifs is 2. The number of benzene rings is 1. The number of anilines is 1. The van der Waals surface area contributed by atoms with Crippen LogP contribution in [0.15, 0.2) is 12.1 Å². The molecule has 130 valence electrons. The molecule has 1 aliphatic heterocycles. The molecular formula is C18H19F4NO. The van der Waals surface area contributed by atoms with Crippen molar-refractivity contribution in [2.45, 2.75) is 50.6 Å². The molecule has 0 saturated heterocycles. The predicted octanol–water partition coefficient (Wildman–Crippen LogP) is 4.53. The zero-order valence-electron chi connectivity index (χ0n) is 13.6. The Labute approximate surface area is 137 Å². The molecule has 24 heavy (non-hydrogen) atoms. The molecule has 2 fully saturated rings. The predicted molar refractivity (Wildman–Crippen MR) is 81.4 cm³/mol. The average Bonchev–Trinajstić information content (AvgIpc) is 3.34. The second-order valence-corrected chi connectivity index (χ2v) is 7.70. The number of halogens is 4. The van der Waals surface area contributed by atoms with Crippen LogP contribution in [0.1, 0.15) is 50.2 Å². The monoisotopic (exact) mass is 341 g/mol. The fourth-order valence-electron chi connectivity index (χ4n) is 4.24. The van der Waals surface area contributed by atoms with E-state index < -0.39 is 29.9 Å². The Bertz CT molecular complexity index is 720. The first kappa shape index (κ1) is 15.9. The maximum absolute atomic E-state index is 15.1. The highest BCUT2D eigenvalue weighted by molar-refractivity contribution is 6.10. The Hall–Kier alpha value is -1.59. The average molecular weight is 341 g/mol. The van der Waals surface area contributed by atoms with Crippen molar-refractivity contribution in [1.82, 2.24) is 0 Å². The maximum Gasteiger partial charge on any atom is 0.406 e. The third-order valence-corrected chi connectivity index (χ3v) is 5.77. The van der Waals surface area contributed by atoms with Gasteiger partial charge >= 0.3 is 6.18 Å². The van der Waals surface area contributed by atoms with Crippen LogP contribution in [0.3, 0.4) is 0 Å². The maximum atomic E-state index is 15.1.